The van der Waals surface area contributed by atoms with E-state index in [1.165, 1.54) is 11.1 Å². The van der Waals surface area contributed by atoms with E-state index in [4.69, 9.17) is 14.8 Å². The Morgan fingerprint density at radius 1 is 1.21 bits per heavy atom. The van der Waals surface area contributed by atoms with Gasteiger partial charge >= 0.3 is 0 Å². The number of nitrogens with zero attached hydrogens (tertiary/aromatic N) is 3. The fraction of sp³-hybridized carbons (Fsp3) is 0.522. The molecular weight excluding hydrogens is 350 g/mol. The molecule has 1 saturated heterocycles. The molecule has 1 fully saturated rings. The van der Waals surface area contributed by atoms with Crippen LogP contribution in [0.4, 0.5) is 0 Å². The lowest BCUT2D eigenvalue weighted by Gasteiger charge is -2.32. The van der Waals surface area contributed by atoms with Crippen LogP contribution in [0.1, 0.15) is 53.7 Å². The molecule has 0 bridgehead atoms. The van der Waals surface area contributed by atoms with Crippen LogP contribution in [-0.4, -0.2) is 52.4 Å². The van der Waals surface area contributed by atoms with E-state index >= 15 is 0 Å². The minimum atomic E-state index is -0.154. The Morgan fingerprint density at radius 3 is 2.79 bits per heavy atom. The number of hydrogen-bond acceptors (Lipinski definition) is 4. The molecule has 0 radical (unpaired) electrons. The Hall–Kier alpha value is -2.13. The highest BCUT2D eigenvalue weighted by atomic mass is 16.5. The zero-order valence-electron chi connectivity index (χ0n) is 16.8. The van der Waals surface area contributed by atoms with Gasteiger partial charge in [-0.3, -0.25) is 0 Å². The molecular formula is C23H29N3O2. The van der Waals surface area contributed by atoms with Crippen LogP contribution in [0.25, 0.3) is 0 Å². The minimum Gasteiger partial charge on any atom is -0.395 e. The van der Waals surface area contributed by atoms with Crippen molar-refractivity contribution in [3.05, 3.63) is 52.6 Å². The fourth-order valence-corrected chi connectivity index (χ4v) is 4.19. The van der Waals surface area contributed by atoms with E-state index < -0.39 is 0 Å². The van der Waals surface area contributed by atoms with E-state index in [0.717, 1.165) is 56.1 Å². The quantitative estimate of drug-likeness (QED) is 0.833. The number of hydrogen-bond donors (Lipinski definition) is 1. The Kier molecular flexibility index (Phi) is 5.82. The van der Waals surface area contributed by atoms with Gasteiger partial charge < -0.3 is 19.3 Å². The molecule has 0 saturated carbocycles. The second kappa shape index (κ2) is 8.48. The van der Waals surface area contributed by atoms with Gasteiger partial charge in [0.1, 0.15) is 17.6 Å². The lowest BCUT2D eigenvalue weighted by Crippen LogP contribution is -2.35. The summed E-state index contributed by atoms with van der Waals surface area (Å²) in [5.74, 6) is 7.12. The van der Waals surface area contributed by atoms with E-state index in [-0.39, 0.29) is 18.8 Å². The molecule has 1 unspecified atom stereocenters. The summed E-state index contributed by atoms with van der Waals surface area (Å²) in [7, 11) is 2.17. The molecule has 1 N–H and O–H groups in total. The van der Waals surface area contributed by atoms with Crippen molar-refractivity contribution in [2.75, 3.05) is 26.7 Å². The lowest BCUT2D eigenvalue weighted by atomic mass is 10.00. The summed E-state index contributed by atoms with van der Waals surface area (Å²) in [4.78, 5) is 7.28. The number of imidazole rings is 1. The molecule has 28 heavy (non-hydrogen) atoms. The van der Waals surface area contributed by atoms with Gasteiger partial charge in [-0.25, -0.2) is 4.98 Å². The van der Waals surface area contributed by atoms with E-state index in [2.05, 4.69) is 59.5 Å². The van der Waals surface area contributed by atoms with Crippen molar-refractivity contribution in [3.8, 4) is 11.8 Å². The Morgan fingerprint density at radius 2 is 2.00 bits per heavy atom. The topological polar surface area (TPSA) is 50.5 Å². The average molecular weight is 380 g/mol. The number of piperidine rings is 1. The number of fused-ring (bicyclic) bond motifs is 2. The maximum absolute atomic E-state index is 9.01. The summed E-state index contributed by atoms with van der Waals surface area (Å²) in [6.45, 7) is 5.20. The highest BCUT2D eigenvalue weighted by Gasteiger charge is 2.31. The number of ether oxygens (including phenoxy) is 1. The van der Waals surface area contributed by atoms with Crippen LogP contribution in [-0.2, 0) is 17.7 Å². The van der Waals surface area contributed by atoms with Gasteiger partial charge in [-0.1, -0.05) is 30.2 Å². The van der Waals surface area contributed by atoms with Gasteiger partial charge in [0, 0.05) is 26.1 Å². The van der Waals surface area contributed by atoms with E-state index in [9.17, 15) is 0 Å². The maximum atomic E-state index is 9.01. The normalized spacial score (nSPS) is 20.0. The minimum absolute atomic E-state index is 0.0782. The second-order valence-corrected chi connectivity index (χ2v) is 7.80. The molecule has 5 nitrogen and oxygen atoms in total. The molecule has 2 aliphatic heterocycles. The number of aromatic nitrogens is 2. The van der Waals surface area contributed by atoms with Crippen molar-refractivity contribution in [1.29, 1.82) is 0 Å². The highest BCUT2D eigenvalue weighted by Crippen LogP contribution is 2.35. The third-order valence-electron chi connectivity index (χ3n) is 5.87. The molecule has 4 rings (SSSR count). The van der Waals surface area contributed by atoms with E-state index in [1.807, 2.05) is 0 Å². The first-order valence-electron chi connectivity index (χ1n) is 10.3. The fourth-order valence-electron chi connectivity index (χ4n) is 4.19. The summed E-state index contributed by atoms with van der Waals surface area (Å²) in [6, 6.07) is 8.60. The number of benzene rings is 1. The van der Waals surface area contributed by atoms with E-state index in [1.54, 1.807) is 0 Å². The van der Waals surface area contributed by atoms with Gasteiger partial charge in [0.05, 0.1) is 18.4 Å². The second-order valence-electron chi connectivity index (χ2n) is 7.80. The third kappa shape index (κ3) is 3.86. The summed E-state index contributed by atoms with van der Waals surface area (Å²) >= 11 is 0. The van der Waals surface area contributed by atoms with Crippen molar-refractivity contribution < 1.29 is 9.84 Å². The Balaban J connectivity index is 1.71. The standard InChI is InChI=1S/C23H29N3O2/c1-17-21(9-5-6-16-27)24-23-22(28-19-11-13-25(2)14-12-19)20-8-4-3-7-18(20)10-15-26(17)23/h3-4,7-8,19,22,27H,6,10-16H2,1-2H3. The Bertz CT molecular complexity index is 885. The number of likely N-dealkylation sites (tertiary alicyclic amines) is 1. The molecule has 1 atom stereocenters. The zero-order valence-corrected chi connectivity index (χ0v) is 16.8. The number of aliphatic hydroxyl groups excluding tert-OH is 1. The van der Waals surface area contributed by atoms with Gasteiger partial charge in [0.25, 0.3) is 0 Å². The summed E-state index contributed by atoms with van der Waals surface area (Å²) < 4.78 is 8.99. The molecule has 2 aliphatic rings. The van der Waals surface area contributed by atoms with Crippen LogP contribution in [0.2, 0.25) is 0 Å². The van der Waals surface area contributed by atoms with Crippen molar-refractivity contribution in [2.45, 2.75) is 51.4 Å². The van der Waals surface area contributed by atoms with E-state index in [0.29, 0.717) is 6.42 Å². The van der Waals surface area contributed by atoms with Crippen LogP contribution in [0.15, 0.2) is 24.3 Å². The van der Waals surface area contributed by atoms with Gasteiger partial charge in [-0.15, -0.1) is 0 Å². The van der Waals surface area contributed by atoms with Gasteiger partial charge in [0.15, 0.2) is 0 Å². The van der Waals surface area contributed by atoms with Gasteiger partial charge in [0.2, 0.25) is 0 Å². The van der Waals surface area contributed by atoms with Crippen molar-refractivity contribution >= 4 is 0 Å². The van der Waals surface area contributed by atoms with Crippen LogP contribution >= 0.6 is 0 Å². The van der Waals surface area contributed by atoms with Crippen LogP contribution in [0, 0.1) is 18.8 Å². The Labute approximate surface area is 167 Å². The predicted molar refractivity (Wildman–Crippen MR) is 109 cm³/mol. The monoisotopic (exact) mass is 379 g/mol. The maximum Gasteiger partial charge on any atom is 0.144 e. The molecule has 3 heterocycles. The first-order chi connectivity index (χ1) is 13.7. The van der Waals surface area contributed by atoms with Gasteiger partial charge in [-0.2, -0.15) is 0 Å². The number of aliphatic hydroxyl groups is 1. The predicted octanol–water partition coefficient (Wildman–Crippen LogP) is 2.68. The smallest absolute Gasteiger partial charge is 0.144 e. The molecule has 0 amide bonds. The summed E-state index contributed by atoms with van der Waals surface area (Å²) in [5.41, 5.74) is 4.48. The molecule has 1 aromatic carbocycles. The van der Waals surface area contributed by atoms with Crippen molar-refractivity contribution in [3.63, 3.8) is 0 Å². The molecule has 1 aromatic heterocycles. The van der Waals surface area contributed by atoms with Gasteiger partial charge in [-0.05, 0) is 50.3 Å². The summed E-state index contributed by atoms with van der Waals surface area (Å²) in [6.07, 6.45) is 3.65. The van der Waals surface area contributed by atoms with Crippen LogP contribution in [0.5, 0.6) is 0 Å². The van der Waals surface area contributed by atoms with Crippen molar-refractivity contribution in [2.24, 2.45) is 0 Å². The van der Waals surface area contributed by atoms with Crippen LogP contribution in [0.3, 0.4) is 0 Å². The van der Waals surface area contributed by atoms with Crippen molar-refractivity contribution in [1.82, 2.24) is 14.5 Å². The molecule has 148 valence electrons. The zero-order chi connectivity index (χ0) is 19.5. The molecule has 5 heteroatoms. The highest BCUT2D eigenvalue weighted by molar-refractivity contribution is 5.40. The lowest BCUT2D eigenvalue weighted by molar-refractivity contribution is -0.0276. The molecule has 0 spiro atoms. The third-order valence-corrected chi connectivity index (χ3v) is 5.87. The van der Waals surface area contributed by atoms with Crippen LogP contribution < -0.4 is 0 Å². The number of aryl methyl sites for hydroxylation is 1. The average Bonchev–Trinajstić information content (AvgIpc) is 2.93. The molecule has 2 aromatic rings. The number of rotatable bonds is 3. The molecule has 0 aliphatic carbocycles. The largest absolute Gasteiger partial charge is 0.395 e. The first kappa shape index (κ1) is 19.2. The summed E-state index contributed by atoms with van der Waals surface area (Å²) in [5, 5.41) is 9.01. The first-order valence-corrected chi connectivity index (χ1v) is 10.3. The SMILES string of the molecule is Cc1c(C#CCCO)nc2n1CCc1ccccc1C2OC1CCN(C)CC1.